The molecule has 4 heterocycles. The van der Waals surface area contributed by atoms with Crippen molar-refractivity contribution in [1.82, 2.24) is 9.30 Å². The van der Waals surface area contributed by atoms with Crippen molar-refractivity contribution in [3.8, 4) is 0 Å². The number of halogens is 1. The highest BCUT2D eigenvalue weighted by molar-refractivity contribution is 5.89. The van der Waals surface area contributed by atoms with Crippen molar-refractivity contribution >= 4 is 17.2 Å². The normalized spacial score (nSPS) is 24.9. The minimum Gasteiger partial charge on any atom is -0.477 e. The van der Waals surface area contributed by atoms with Crippen LogP contribution in [0.25, 0.3) is 5.52 Å². The molecule has 1 aliphatic carbocycles. The highest BCUT2D eigenvalue weighted by atomic mass is 19.1. The molecule has 3 fully saturated rings. The third-order valence-electron chi connectivity index (χ3n) is 7.06. The minimum atomic E-state index is -1.26. The number of rotatable bonds is 3. The lowest BCUT2D eigenvalue weighted by atomic mass is 9.93. The molecule has 5 rings (SSSR count). The maximum atomic E-state index is 15.3. The molecule has 29 heavy (non-hydrogen) atoms. The number of carboxylic acids is 1. The van der Waals surface area contributed by atoms with Crippen LogP contribution in [0.2, 0.25) is 0 Å². The van der Waals surface area contributed by atoms with Gasteiger partial charge in [-0.3, -0.25) is 9.20 Å². The summed E-state index contributed by atoms with van der Waals surface area (Å²) in [6.45, 7) is 4.54. The van der Waals surface area contributed by atoms with Gasteiger partial charge in [0.05, 0.1) is 17.4 Å². The van der Waals surface area contributed by atoms with Gasteiger partial charge in [-0.15, -0.1) is 0 Å². The SMILES string of the molecule is Cc1c(N2C[C@@H]3CCCN(C)[C@@H]3C2)c(F)cn2c(=O)c(C(=O)O)cc(C3CC3)c12. The quantitative estimate of drug-likeness (QED) is 0.860. The number of nitrogens with zero attached hydrogens (tertiary/aromatic N) is 3. The molecular formula is C22H26FN3O3. The molecule has 2 aromatic heterocycles. The van der Waals surface area contributed by atoms with Crippen molar-refractivity contribution in [2.75, 3.05) is 31.6 Å². The van der Waals surface area contributed by atoms with Crippen LogP contribution in [0.15, 0.2) is 17.1 Å². The molecule has 3 aliphatic rings. The van der Waals surface area contributed by atoms with Gasteiger partial charge in [-0.1, -0.05) is 0 Å². The monoisotopic (exact) mass is 399 g/mol. The first-order valence-electron chi connectivity index (χ1n) is 10.4. The summed E-state index contributed by atoms with van der Waals surface area (Å²) in [6.07, 6.45) is 5.47. The van der Waals surface area contributed by atoms with Crippen molar-refractivity contribution < 1.29 is 14.3 Å². The van der Waals surface area contributed by atoms with Crippen molar-refractivity contribution in [3.05, 3.63) is 45.1 Å². The Balaban J connectivity index is 1.68. The maximum Gasteiger partial charge on any atom is 0.341 e. The molecule has 0 bridgehead atoms. The molecule has 2 saturated heterocycles. The molecule has 0 amide bonds. The Morgan fingerprint density at radius 2 is 2.00 bits per heavy atom. The van der Waals surface area contributed by atoms with Gasteiger partial charge in [0, 0.05) is 19.1 Å². The fourth-order valence-electron chi connectivity index (χ4n) is 5.48. The van der Waals surface area contributed by atoms with Gasteiger partial charge in [-0.05, 0) is 75.2 Å². The number of aromatic carboxylic acids is 1. The standard InChI is InChI=1S/C22H26FN3O3/c1-12-19-15(13-5-6-13)8-16(22(28)29)21(27)26(19)10-17(23)20(12)25-9-14-4-3-7-24(2)18(14)11-25/h8,10,13-14,18H,3-7,9,11H2,1-2H3,(H,28,29)/t14-,18+/m0/s1. The first kappa shape index (κ1) is 18.6. The second-order valence-corrected chi connectivity index (χ2v) is 8.92. The first-order chi connectivity index (χ1) is 13.9. The number of hydrogen-bond donors (Lipinski definition) is 1. The van der Waals surface area contributed by atoms with Crippen molar-refractivity contribution in [3.63, 3.8) is 0 Å². The Labute approximate surface area is 168 Å². The number of likely N-dealkylation sites (tertiary alicyclic amines) is 1. The van der Waals surface area contributed by atoms with Gasteiger partial charge in [0.15, 0.2) is 5.82 Å². The Hall–Kier alpha value is -2.41. The molecule has 0 unspecified atom stereocenters. The zero-order chi connectivity index (χ0) is 20.4. The van der Waals surface area contributed by atoms with Crippen LogP contribution in [0.5, 0.6) is 0 Å². The molecule has 2 atom stereocenters. The average Bonchev–Trinajstić information content (AvgIpc) is 3.42. The summed E-state index contributed by atoms with van der Waals surface area (Å²) in [5.41, 5.74) is 1.89. The van der Waals surface area contributed by atoms with Crippen LogP contribution >= 0.6 is 0 Å². The number of carbonyl (C=O) groups is 1. The number of aryl methyl sites for hydroxylation is 1. The number of pyridine rings is 2. The number of likely N-dealkylation sites (N-methyl/N-ethyl adjacent to an activating group) is 1. The van der Waals surface area contributed by atoms with Crippen molar-refractivity contribution in [1.29, 1.82) is 0 Å². The van der Waals surface area contributed by atoms with Crippen LogP contribution in [0, 0.1) is 18.7 Å². The van der Waals surface area contributed by atoms with E-state index in [1.807, 2.05) is 6.92 Å². The zero-order valence-corrected chi connectivity index (χ0v) is 16.8. The van der Waals surface area contributed by atoms with E-state index < -0.39 is 17.3 Å². The fraction of sp³-hybridized carbons (Fsp3) is 0.545. The number of anilines is 1. The maximum absolute atomic E-state index is 15.3. The average molecular weight is 399 g/mol. The summed E-state index contributed by atoms with van der Waals surface area (Å²) >= 11 is 0. The molecule has 1 saturated carbocycles. The van der Waals surface area contributed by atoms with E-state index in [1.165, 1.54) is 23.1 Å². The van der Waals surface area contributed by atoms with Crippen LogP contribution in [0.1, 0.15) is 53.1 Å². The number of hydrogen-bond acceptors (Lipinski definition) is 4. The molecule has 154 valence electrons. The van der Waals surface area contributed by atoms with Gasteiger partial charge in [-0.25, -0.2) is 9.18 Å². The smallest absolute Gasteiger partial charge is 0.341 e. The molecule has 0 spiro atoms. The van der Waals surface area contributed by atoms with E-state index in [2.05, 4.69) is 16.8 Å². The molecule has 0 radical (unpaired) electrons. The Bertz CT molecular complexity index is 1080. The number of aromatic nitrogens is 1. The van der Waals surface area contributed by atoms with E-state index in [0.29, 0.717) is 23.2 Å². The van der Waals surface area contributed by atoms with Gasteiger partial charge in [0.1, 0.15) is 5.56 Å². The third-order valence-corrected chi connectivity index (χ3v) is 7.06. The van der Waals surface area contributed by atoms with E-state index in [0.717, 1.165) is 50.0 Å². The molecule has 7 heteroatoms. The van der Waals surface area contributed by atoms with E-state index in [4.69, 9.17) is 0 Å². The van der Waals surface area contributed by atoms with E-state index in [-0.39, 0.29) is 11.5 Å². The van der Waals surface area contributed by atoms with Crippen molar-refractivity contribution in [2.45, 2.75) is 44.6 Å². The van der Waals surface area contributed by atoms with Crippen LogP contribution in [-0.4, -0.2) is 53.1 Å². The van der Waals surface area contributed by atoms with Crippen LogP contribution < -0.4 is 10.5 Å². The van der Waals surface area contributed by atoms with E-state index >= 15 is 4.39 Å². The van der Waals surface area contributed by atoms with E-state index in [1.54, 1.807) is 0 Å². The Morgan fingerprint density at radius 1 is 1.24 bits per heavy atom. The summed E-state index contributed by atoms with van der Waals surface area (Å²) in [7, 11) is 2.14. The summed E-state index contributed by atoms with van der Waals surface area (Å²) in [6, 6.07) is 1.95. The predicted octanol–water partition coefficient (Wildman–Crippen LogP) is 2.85. The Morgan fingerprint density at radius 3 is 2.66 bits per heavy atom. The second-order valence-electron chi connectivity index (χ2n) is 8.92. The molecule has 1 N–H and O–H groups in total. The van der Waals surface area contributed by atoms with Gasteiger partial charge >= 0.3 is 5.97 Å². The third kappa shape index (κ3) is 2.86. The highest BCUT2D eigenvalue weighted by Gasteiger charge is 2.39. The fourth-order valence-corrected chi connectivity index (χ4v) is 5.48. The van der Waals surface area contributed by atoms with E-state index in [9.17, 15) is 14.7 Å². The second kappa shape index (κ2) is 6.55. The molecule has 2 aromatic rings. The van der Waals surface area contributed by atoms with Gasteiger partial charge in [0.2, 0.25) is 0 Å². The summed E-state index contributed by atoms with van der Waals surface area (Å²) in [4.78, 5) is 28.8. The van der Waals surface area contributed by atoms with Gasteiger partial charge in [-0.2, -0.15) is 0 Å². The van der Waals surface area contributed by atoms with Crippen molar-refractivity contribution in [2.24, 2.45) is 5.92 Å². The zero-order valence-electron chi connectivity index (χ0n) is 16.8. The van der Waals surface area contributed by atoms with Crippen LogP contribution in [-0.2, 0) is 0 Å². The number of carboxylic acid groups (broad SMARTS) is 1. The van der Waals surface area contributed by atoms with Crippen LogP contribution in [0.4, 0.5) is 10.1 Å². The minimum absolute atomic E-state index is 0.244. The van der Waals surface area contributed by atoms with Gasteiger partial charge in [0.25, 0.3) is 5.56 Å². The topological polar surface area (TPSA) is 65.3 Å². The summed E-state index contributed by atoms with van der Waals surface area (Å²) < 4.78 is 16.5. The molecule has 0 aromatic carbocycles. The molecule has 6 nitrogen and oxygen atoms in total. The lowest BCUT2D eigenvalue weighted by Crippen LogP contribution is -2.42. The largest absolute Gasteiger partial charge is 0.477 e. The molecule has 2 aliphatic heterocycles. The first-order valence-corrected chi connectivity index (χ1v) is 10.4. The number of piperidine rings is 1. The molecular weight excluding hydrogens is 373 g/mol. The Kier molecular flexibility index (Phi) is 4.21. The number of fused-ring (bicyclic) bond motifs is 2. The summed E-state index contributed by atoms with van der Waals surface area (Å²) in [5.74, 6) is -0.945. The van der Waals surface area contributed by atoms with Crippen LogP contribution in [0.3, 0.4) is 0 Å². The highest BCUT2D eigenvalue weighted by Crippen LogP contribution is 2.44. The predicted molar refractivity (Wildman–Crippen MR) is 109 cm³/mol. The lowest BCUT2D eigenvalue weighted by molar-refractivity contribution is 0.0694. The van der Waals surface area contributed by atoms with Gasteiger partial charge < -0.3 is 14.9 Å². The summed E-state index contributed by atoms with van der Waals surface area (Å²) in [5, 5.41) is 9.44. The lowest BCUT2D eigenvalue weighted by Gasteiger charge is -2.33.